The van der Waals surface area contributed by atoms with E-state index in [0.29, 0.717) is 18.9 Å². The van der Waals surface area contributed by atoms with E-state index in [0.717, 1.165) is 6.42 Å². The molecule has 0 saturated carbocycles. The normalized spacial score (nSPS) is 14.4. The fourth-order valence-electron chi connectivity index (χ4n) is 1.58. The number of hydrogen-bond acceptors (Lipinski definition) is 4. The summed E-state index contributed by atoms with van der Waals surface area (Å²) in [6.07, 6.45) is -0.150. The van der Waals surface area contributed by atoms with Crippen molar-refractivity contribution >= 4 is 11.8 Å². The summed E-state index contributed by atoms with van der Waals surface area (Å²) < 4.78 is 0. The highest BCUT2D eigenvalue weighted by Crippen LogP contribution is 2.13. The molecule has 0 aliphatic rings. The largest absolute Gasteiger partial charge is 0.381 e. The Bertz CT molecular complexity index is 256. The highest BCUT2D eigenvalue weighted by molar-refractivity contribution is 5.81. The molecule has 6 heteroatoms. The average molecular weight is 245 g/mol. The van der Waals surface area contributed by atoms with Crippen molar-refractivity contribution in [1.82, 2.24) is 5.32 Å². The molecule has 0 aromatic rings. The maximum absolute atomic E-state index is 11.5. The van der Waals surface area contributed by atoms with Gasteiger partial charge < -0.3 is 21.9 Å². The lowest BCUT2D eigenvalue weighted by Gasteiger charge is -2.17. The molecule has 6 N–H and O–H groups in total. The van der Waals surface area contributed by atoms with E-state index in [2.05, 4.69) is 19.2 Å². The van der Waals surface area contributed by atoms with Crippen LogP contribution in [0.5, 0.6) is 0 Å². The molecular formula is C11H23N3O3. The molecule has 100 valence electrons. The Morgan fingerprint density at radius 1 is 1.35 bits per heavy atom. The maximum atomic E-state index is 11.5. The van der Waals surface area contributed by atoms with Gasteiger partial charge in [0.1, 0.15) is 6.10 Å². The molecule has 0 aromatic carbocycles. The van der Waals surface area contributed by atoms with E-state index in [-0.39, 0.29) is 18.4 Å². The standard InChI is InChI=1S/C11H23N3O3/c1-7(2)3-8(5-12)4-10(16)14-6-9(15)11(13)17/h7-9,15H,3-6,12H2,1-2H3,(H2,13,17)(H,14,16)/t8-,9?/m0/s1. The third-order valence-electron chi connectivity index (χ3n) is 2.43. The number of carbonyl (C=O) groups excluding carboxylic acids is 2. The fourth-order valence-corrected chi connectivity index (χ4v) is 1.58. The molecule has 17 heavy (non-hydrogen) atoms. The highest BCUT2D eigenvalue weighted by Gasteiger charge is 2.16. The molecule has 1 unspecified atom stereocenters. The highest BCUT2D eigenvalue weighted by atomic mass is 16.3. The second kappa shape index (κ2) is 8.03. The molecule has 0 heterocycles. The van der Waals surface area contributed by atoms with E-state index in [1.54, 1.807) is 0 Å². The molecule has 0 aliphatic carbocycles. The first kappa shape index (κ1) is 15.9. The first-order valence-electron chi connectivity index (χ1n) is 5.81. The van der Waals surface area contributed by atoms with Gasteiger partial charge >= 0.3 is 0 Å². The summed E-state index contributed by atoms with van der Waals surface area (Å²) in [7, 11) is 0. The number of amides is 2. The molecule has 0 spiro atoms. The minimum Gasteiger partial charge on any atom is -0.381 e. The molecule has 0 radical (unpaired) electrons. The molecule has 0 aromatic heterocycles. The summed E-state index contributed by atoms with van der Waals surface area (Å²) in [6.45, 7) is 4.44. The molecule has 0 bridgehead atoms. The van der Waals surface area contributed by atoms with Crippen LogP contribution in [0.3, 0.4) is 0 Å². The Hall–Kier alpha value is -1.14. The number of hydrogen-bond donors (Lipinski definition) is 4. The minimum absolute atomic E-state index is 0.126. The minimum atomic E-state index is -1.33. The van der Waals surface area contributed by atoms with Crippen LogP contribution in [0.25, 0.3) is 0 Å². The summed E-state index contributed by atoms with van der Waals surface area (Å²) >= 11 is 0. The summed E-state index contributed by atoms with van der Waals surface area (Å²) in [4.78, 5) is 22.0. The van der Waals surface area contributed by atoms with Gasteiger partial charge in [0.25, 0.3) is 0 Å². The zero-order chi connectivity index (χ0) is 13.4. The van der Waals surface area contributed by atoms with E-state index >= 15 is 0 Å². The Balaban J connectivity index is 3.94. The predicted octanol–water partition coefficient (Wildman–Crippen LogP) is -1.04. The van der Waals surface area contributed by atoms with Crippen LogP contribution < -0.4 is 16.8 Å². The topological polar surface area (TPSA) is 118 Å². The van der Waals surface area contributed by atoms with E-state index in [9.17, 15) is 9.59 Å². The van der Waals surface area contributed by atoms with Crippen LogP contribution in [0.2, 0.25) is 0 Å². The SMILES string of the molecule is CC(C)C[C@H](CN)CC(=O)NCC(O)C(N)=O. The number of nitrogens with one attached hydrogen (secondary N) is 1. The van der Waals surface area contributed by atoms with Gasteiger partial charge in [-0.1, -0.05) is 13.8 Å². The number of aliphatic hydroxyl groups excluding tert-OH is 1. The van der Waals surface area contributed by atoms with Gasteiger partial charge in [0, 0.05) is 6.42 Å². The van der Waals surface area contributed by atoms with E-state index in [1.807, 2.05) is 0 Å². The van der Waals surface area contributed by atoms with Crippen molar-refractivity contribution in [3.63, 3.8) is 0 Å². The van der Waals surface area contributed by atoms with Gasteiger partial charge in [0.2, 0.25) is 11.8 Å². The second-order valence-corrected chi connectivity index (χ2v) is 4.66. The fraction of sp³-hybridized carbons (Fsp3) is 0.818. The molecule has 0 aliphatic heterocycles. The summed E-state index contributed by atoms with van der Waals surface area (Å²) in [5.41, 5.74) is 10.4. The van der Waals surface area contributed by atoms with Crippen molar-refractivity contribution in [1.29, 1.82) is 0 Å². The number of carbonyl (C=O) groups is 2. The van der Waals surface area contributed by atoms with Crippen molar-refractivity contribution in [2.45, 2.75) is 32.8 Å². The Labute approximate surface area is 102 Å². The van der Waals surface area contributed by atoms with Gasteiger partial charge in [-0.05, 0) is 24.8 Å². The molecule has 0 fully saturated rings. The number of nitrogens with two attached hydrogens (primary N) is 2. The first-order chi connectivity index (χ1) is 7.86. The molecule has 2 amide bonds. The Kier molecular flexibility index (Phi) is 7.49. The van der Waals surface area contributed by atoms with Gasteiger partial charge in [0.15, 0.2) is 0 Å². The number of aliphatic hydroxyl groups is 1. The summed E-state index contributed by atoms with van der Waals surface area (Å²) in [6, 6.07) is 0. The van der Waals surface area contributed by atoms with Crippen LogP contribution >= 0.6 is 0 Å². The van der Waals surface area contributed by atoms with Crippen LogP contribution in [0, 0.1) is 11.8 Å². The average Bonchev–Trinajstić information content (AvgIpc) is 2.23. The van der Waals surface area contributed by atoms with Gasteiger partial charge in [0.05, 0.1) is 6.54 Å². The quantitative estimate of drug-likeness (QED) is 0.436. The van der Waals surface area contributed by atoms with Crippen LogP contribution in [0.1, 0.15) is 26.7 Å². The zero-order valence-electron chi connectivity index (χ0n) is 10.5. The third-order valence-corrected chi connectivity index (χ3v) is 2.43. The third kappa shape index (κ3) is 7.70. The van der Waals surface area contributed by atoms with Crippen molar-refractivity contribution in [3.05, 3.63) is 0 Å². The van der Waals surface area contributed by atoms with Gasteiger partial charge in [-0.15, -0.1) is 0 Å². The lowest BCUT2D eigenvalue weighted by molar-refractivity contribution is -0.127. The molecule has 0 saturated heterocycles. The molecule has 6 nitrogen and oxygen atoms in total. The molecular weight excluding hydrogens is 222 g/mol. The van der Waals surface area contributed by atoms with Crippen LogP contribution in [0.4, 0.5) is 0 Å². The molecule has 0 rings (SSSR count). The number of primary amides is 1. The van der Waals surface area contributed by atoms with E-state index in [4.69, 9.17) is 16.6 Å². The summed E-state index contributed by atoms with van der Waals surface area (Å²) in [5.74, 6) is -0.461. The monoisotopic (exact) mass is 245 g/mol. The first-order valence-corrected chi connectivity index (χ1v) is 5.81. The van der Waals surface area contributed by atoms with Gasteiger partial charge in [-0.25, -0.2) is 0 Å². The summed E-state index contributed by atoms with van der Waals surface area (Å²) in [5, 5.41) is 11.6. The van der Waals surface area contributed by atoms with Crippen molar-refractivity contribution in [3.8, 4) is 0 Å². The van der Waals surface area contributed by atoms with Crippen molar-refractivity contribution < 1.29 is 14.7 Å². The maximum Gasteiger partial charge on any atom is 0.248 e. The van der Waals surface area contributed by atoms with Gasteiger partial charge in [-0.3, -0.25) is 9.59 Å². The zero-order valence-corrected chi connectivity index (χ0v) is 10.5. The van der Waals surface area contributed by atoms with Crippen LogP contribution in [-0.2, 0) is 9.59 Å². The predicted molar refractivity (Wildman–Crippen MR) is 64.8 cm³/mol. The Morgan fingerprint density at radius 3 is 2.35 bits per heavy atom. The lowest BCUT2D eigenvalue weighted by atomic mass is 9.94. The lowest BCUT2D eigenvalue weighted by Crippen LogP contribution is -2.40. The smallest absolute Gasteiger partial charge is 0.248 e. The van der Waals surface area contributed by atoms with Gasteiger partial charge in [-0.2, -0.15) is 0 Å². The second-order valence-electron chi connectivity index (χ2n) is 4.66. The molecule has 2 atom stereocenters. The Morgan fingerprint density at radius 2 is 1.94 bits per heavy atom. The van der Waals surface area contributed by atoms with E-state index < -0.39 is 12.0 Å². The van der Waals surface area contributed by atoms with Crippen LogP contribution in [0.15, 0.2) is 0 Å². The number of rotatable bonds is 8. The van der Waals surface area contributed by atoms with Crippen LogP contribution in [-0.4, -0.2) is 36.1 Å². The van der Waals surface area contributed by atoms with Crippen molar-refractivity contribution in [2.75, 3.05) is 13.1 Å². The van der Waals surface area contributed by atoms with Crippen molar-refractivity contribution in [2.24, 2.45) is 23.3 Å². The van der Waals surface area contributed by atoms with E-state index in [1.165, 1.54) is 0 Å².